The van der Waals surface area contributed by atoms with Crippen molar-refractivity contribution in [3.05, 3.63) is 71.8 Å². The molecule has 4 nitrogen and oxygen atoms in total. The summed E-state index contributed by atoms with van der Waals surface area (Å²) >= 11 is 0. The van der Waals surface area contributed by atoms with E-state index in [4.69, 9.17) is 0 Å². The van der Waals surface area contributed by atoms with Gasteiger partial charge in [0, 0.05) is 5.56 Å². The van der Waals surface area contributed by atoms with E-state index in [9.17, 15) is 4.79 Å². The molecule has 94 valence electrons. The summed E-state index contributed by atoms with van der Waals surface area (Å²) in [5.74, 6) is 0.528. The third kappa shape index (κ3) is 2.33. The van der Waals surface area contributed by atoms with E-state index in [1.807, 2.05) is 60.7 Å². The van der Waals surface area contributed by atoms with Crippen LogP contribution in [0.3, 0.4) is 0 Å². The van der Waals surface area contributed by atoms with Gasteiger partial charge < -0.3 is 0 Å². The Bertz CT molecular complexity index is 608. The summed E-state index contributed by atoms with van der Waals surface area (Å²) in [5, 5.41) is 0. The number of nitrogens with zero attached hydrogens (tertiary/aromatic N) is 1. The Morgan fingerprint density at radius 3 is 2.16 bits per heavy atom. The Morgan fingerprint density at radius 1 is 0.842 bits per heavy atom. The number of hydrogen-bond donors (Lipinski definition) is 2. The van der Waals surface area contributed by atoms with E-state index in [2.05, 4.69) is 15.8 Å². The molecule has 2 aromatic rings. The molecule has 2 N–H and O–H groups in total. The van der Waals surface area contributed by atoms with Crippen LogP contribution in [0.1, 0.15) is 17.2 Å². The molecular formula is C15H13N3O. The highest BCUT2D eigenvalue weighted by molar-refractivity contribution is 6.03. The molecule has 0 spiro atoms. The molecule has 1 unspecified atom stereocenters. The van der Waals surface area contributed by atoms with E-state index < -0.39 is 6.04 Å². The maximum absolute atomic E-state index is 11.9. The fraction of sp³-hybridized carbons (Fsp3) is 0.0667. The lowest BCUT2D eigenvalue weighted by Gasteiger charge is -2.22. The summed E-state index contributed by atoms with van der Waals surface area (Å²) in [6, 6.07) is 18.8. The minimum atomic E-state index is -0.502. The zero-order valence-corrected chi connectivity index (χ0v) is 10.2. The zero-order valence-electron chi connectivity index (χ0n) is 10.2. The Kier molecular flexibility index (Phi) is 2.98. The van der Waals surface area contributed by atoms with Gasteiger partial charge in [0.1, 0.15) is 5.84 Å². The number of benzene rings is 2. The topological polar surface area (TPSA) is 53.5 Å². The number of carbonyl (C=O) groups excluding carboxylic acids is 1. The molecule has 1 aliphatic heterocycles. The van der Waals surface area contributed by atoms with E-state index in [-0.39, 0.29) is 5.91 Å². The largest absolute Gasteiger partial charge is 0.282 e. The summed E-state index contributed by atoms with van der Waals surface area (Å²) in [6.07, 6.45) is 0. The Hall–Kier alpha value is -2.62. The second-order valence-corrected chi connectivity index (χ2v) is 4.27. The van der Waals surface area contributed by atoms with Crippen molar-refractivity contribution < 1.29 is 4.79 Å². The molecule has 0 saturated heterocycles. The molecule has 1 heterocycles. The molecule has 0 aliphatic carbocycles. The SMILES string of the molecule is O=C1NNC(c2ccccc2)=NC1c1ccccc1. The number of hydrazine groups is 1. The highest BCUT2D eigenvalue weighted by Gasteiger charge is 2.24. The van der Waals surface area contributed by atoms with Crippen molar-refractivity contribution >= 4 is 11.7 Å². The van der Waals surface area contributed by atoms with Crippen molar-refractivity contribution in [2.45, 2.75) is 6.04 Å². The molecule has 19 heavy (non-hydrogen) atoms. The lowest BCUT2D eigenvalue weighted by atomic mass is 10.1. The standard InChI is InChI=1S/C15H13N3O/c19-15-13(11-7-3-1-4-8-11)16-14(17-18-15)12-9-5-2-6-10-12/h1-10,13H,(H,16,17)(H,18,19). The van der Waals surface area contributed by atoms with Crippen LogP contribution in [-0.2, 0) is 4.79 Å². The quantitative estimate of drug-likeness (QED) is 0.855. The van der Waals surface area contributed by atoms with Gasteiger partial charge in [-0.2, -0.15) is 0 Å². The summed E-state index contributed by atoms with van der Waals surface area (Å²) in [7, 11) is 0. The van der Waals surface area contributed by atoms with Gasteiger partial charge >= 0.3 is 0 Å². The minimum absolute atomic E-state index is 0.147. The van der Waals surface area contributed by atoms with Crippen LogP contribution in [0.2, 0.25) is 0 Å². The van der Waals surface area contributed by atoms with Crippen molar-refractivity contribution in [2.75, 3.05) is 0 Å². The molecular weight excluding hydrogens is 238 g/mol. The molecule has 0 saturated carbocycles. The van der Waals surface area contributed by atoms with Crippen molar-refractivity contribution in [3.63, 3.8) is 0 Å². The first-order valence-electron chi connectivity index (χ1n) is 6.08. The highest BCUT2D eigenvalue weighted by Crippen LogP contribution is 2.20. The number of nitrogens with one attached hydrogen (secondary N) is 2. The summed E-state index contributed by atoms with van der Waals surface area (Å²) < 4.78 is 0. The van der Waals surface area contributed by atoms with E-state index in [0.29, 0.717) is 5.84 Å². The number of aliphatic imine (C=N–C) groups is 1. The first kappa shape index (κ1) is 11.5. The fourth-order valence-corrected chi connectivity index (χ4v) is 2.01. The third-order valence-electron chi connectivity index (χ3n) is 2.97. The van der Waals surface area contributed by atoms with Crippen LogP contribution in [0.15, 0.2) is 65.7 Å². The maximum atomic E-state index is 11.9. The Labute approximate surface area is 111 Å². The van der Waals surface area contributed by atoms with E-state index in [0.717, 1.165) is 11.1 Å². The molecule has 0 fully saturated rings. The fourth-order valence-electron chi connectivity index (χ4n) is 2.01. The van der Waals surface area contributed by atoms with Crippen molar-refractivity contribution in [3.8, 4) is 0 Å². The smallest absolute Gasteiger partial charge is 0.267 e. The van der Waals surface area contributed by atoms with Gasteiger partial charge in [-0.3, -0.25) is 15.6 Å². The first-order valence-corrected chi connectivity index (χ1v) is 6.08. The van der Waals surface area contributed by atoms with E-state index in [1.165, 1.54) is 0 Å². The van der Waals surface area contributed by atoms with Crippen LogP contribution in [0, 0.1) is 0 Å². The molecule has 0 aromatic heterocycles. The number of rotatable bonds is 2. The average molecular weight is 251 g/mol. The lowest BCUT2D eigenvalue weighted by Crippen LogP contribution is -2.48. The van der Waals surface area contributed by atoms with Crippen LogP contribution in [0.5, 0.6) is 0 Å². The lowest BCUT2D eigenvalue weighted by molar-refractivity contribution is -0.123. The van der Waals surface area contributed by atoms with Crippen molar-refractivity contribution in [1.82, 2.24) is 10.9 Å². The van der Waals surface area contributed by atoms with Crippen LogP contribution in [-0.4, -0.2) is 11.7 Å². The predicted molar refractivity (Wildman–Crippen MR) is 73.4 cm³/mol. The molecule has 1 atom stereocenters. The number of amidine groups is 1. The molecule has 0 bridgehead atoms. The molecule has 0 radical (unpaired) electrons. The first-order chi connectivity index (χ1) is 9.34. The van der Waals surface area contributed by atoms with Crippen molar-refractivity contribution in [2.24, 2.45) is 4.99 Å². The summed E-state index contributed by atoms with van der Waals surface area (Å²) in [6.45, 7) is 0. The second kappa shape index (κ2) is 4.94. The van der Waals surface area contributed by atoms with Crippen LogP contribution < -0.4 is 10.9 Å². The van der Waals surface area contributed by atoms with Crippen LogP contribution >= 0.6 is 0 Å². The molecule has 2 aromatic carbocycles. The monoisotopic (exact) mass is 251 g/mol. The van der Waals surface area contributed by atoms with Crippen LogP contribution in [0.4, 0.5) is 0 Å². The summed E-state index contributed by atoms with van der Waals surface area (Å²) in [5.41, 5.74) is 7.33. The number of amides is 1. The van der Waals surface area contributed by atoms with Gasteiger partial charge in [0.25, 0.3) is 5.91 Å². The summed E-state index contributed by atoms with van der Waals surface area (Å²) in [4.78, 5) is 16.4. The molecule has 3 rings (SSSR count). The molecule has 1 amide bonds. The Balaban J connectivity index is 1.98. The van der Waals surface area contributed by atoms with Gasteiger partial charge in [0.2, 0.25) is 0 Å². The van der Waals surface area contributed by atoms with Gasteiger partial charge in [0.15, 0.2) is 6.04 Å². The van der Waals surface area contributed by atoms with E-state index in [1.54, 1.807) is 0 Å². The average Bonchev–Trinajstić information content (AvgIpc) is 2.49. The molecule has 4 heteroatoms. The minimum Gasteiger partial charge on any atom is -0.282 e. The van der Waals surface area contributed by atoms with Gasteiger partial charge in [-0.15, -0.1) is 0 Å². The molecule has 1 aliphatic rings. The zero-order chi connectivity index (χ0) is 13.1. The third-order valence-corrected chi connectivity index (χ3v) is 2.97. The Morgan fingerprint density at radius 2 is 1.47 bits per heavy atom. The van der Waals surface area contributed by atoms with Gasteiger partial charge in [-0.1, -0.05) is 60.7 Å². The van der Waals surface area contributed by atoms with Crippen molar-refractivity contribution in [1.29, 1.82) is 0 Å². The maximum Gasteiger partial charge on any atom is 0.267 e. The van der Waals surface area contributed by atoms with Gasteiger partial charge in [-0.25, -0.2) is 4.99 Å². The second-order valence-electron chi connectivity index (χ2n) is 4.27. The van der Waals surface area contributed by atoms with Gasteiger partial charge in [0.05, 0.1) is 0 Å². The van der Waals surface area contributed by atoms with Crippen LogP contribution in [0.25, 0.3) is 0 Å². The highest BCUT2D eigenvalue weighted by atomic mass is 16.2. The van der Waals surface area contributed by atoms with Gasteiger partial charge in [-0.05, 0) is 5.56 Å². The predicted octanol–water partition coefficient (Wildman–Crippen LogP) is 1.81. The number of carbonyl (C=O) groups is 1. The van der Waals surface area contributed by atoms with E-state index >= 15 is 0 Å². The normalized spacial score (nSPS) is 18.2. The number of hydrogen-bond acceptors (Lipinski definition) is 3.